The van der Waals surface area contributed by atoms with Crippen molar-refractivity contribution in [1.29, 1.82) is 0 Å². The van der Waals surface area contributed by atoms with Gasteiger partial charge in [-0.3, -0.25) is 0 Å². The molecule has 0 radical (unpaired) electrons. The van der Waals surface area contributed by atoms with Gasteiger partial charge in [0.2, 0.25) is 0 Å². The van der Waals surface area contributed by atoms with Crippen LogP contribution in [-0.4, -0.2) is 18.2 Å². The zero-order valence-corrected chi connectivity index (χ0v) is 12.5. The van der Waals surface area contributed by atoms with Crippen LogP contribution in [0, 0.1) is 0 Å². The number of anilines is 1. The number of aromatic carboxylic acids is 1. The minimum absolute atomic E-state index is 0.252. The molecule has 0 aliphatic carbocycles. The number of carbonyl (C=O) groups is 1. The highest BCUT2D eigenvalue weighted by Gasteiger charge is 2.10. The second-order valence-electron chi connectivity index (χ2n) is 4.20. The molecule has 104 valence electrons. The maximum atomic E-state index is 11.2. The first kappa shape index (κ1) is 14.4. The summed E-state index contributed by atoms with van der Waals surface area (Å²) in [6.45, 7) is 0.542. The van der Waals surface area contributed by atoms with Gasteiger partial charge in [0.05, 0.1) is 18.4 Å². The van der Waals surface area contributed by atoms with Crippen molar-refractivity contribution in [3.05, 3.63) is 58.1 Å². The first-order valence-electron chi connectivity index (χ1n) is 6.00. The third-order valence-corrected chi connectivity index (χ3v) is 3.35. The molecule has 2 rings (SSSR count). The van der Waals surface area contributed by atoms with Crippen LogP contribution >= 0.6 is 15.9 Å². The standard InChI is InChI=1S/C15H14BrNO3/c1-20-12-5-2-10(3-6-12)9-17-14-8-11(16)4-7-13(14)15(18)19/h2-8,17H,9H2,1H3,(H,18,19). The normalized spacial score (nSPS) is 10.1. The third-order valence-electron chi connectivity index (χ3n) is 2.85. The molecule has 5 heteroatoms. The first-order chi connectivity index (χ1) is 9.60. The monoisotopic (exact) mass is 335 g/mol. The molecule has 20 heavy (non-hydrogen) atoms. The van der Waals surface area contributed by atoms with Gasteiger partial charge in [0.25, 0.3) is 0 Å². The van der Waals surface area contributed by atoms with Gasteiger partial charge in [-0.1, -0.05) is 28.1 Å². The Hall–Kier alpha value is -2.01. The molecular formula is C15H14BrNO3. The van der Waals surface area contributed by atoms with Crippen LogP contribution in [0.3, 0.4) is 0 Å². The Bertz CT molecular complexity index is 611. The van der Waals surface area contributed by atoms with E-state index in [1.165, 1.54) is 0 Å². The van der Waals surface area contributed by atoms with Crippen LogP contribution in [0.5, 0.6) is 5.75 Å². The summed E-state index contributed by atoms with van der Waals surface area (Å²) in [6.07, 6.45) is 0. The fraction of sp³-hybridized carbons (Fsp3) is 0.133. The maximum absolute atomic E-state index is 11.2. The number of rotatable bonds is 5. The van der Waals surface area contributed by atoms with E-state index in [0.29, 0.717) is 12.2 Å². The maximum Gasteiger partial charge on any atom is 0.337 e. The molecule has 0 fully saturated rings. The van der Waals surface area contributed by atoms with Gasteiger partial charge in [0, 0.05) is 11.0 Å². The molecule has 0 saturated heterocycles. The quantitative estimate of drug-likeness (QED) is 0.873. The summed E-state index contributed by atoms with van der Waals surface area (Å²) >= 11 is 3.34. The number of nitrogens with one attached hydrogen (secondary N) is 1. The van der Waals surface area contributed by atoms with Gasteiger partial charge >= 0.3 is 5.97 Å². The number of carboxylic acids is 1. The molecule has 0 spiro atoms. The Morgan fingerprint density at radius 2 is 1.95 bits per heavy atom. The lowest BCUT2D eigenvalue weighted by Gasteiger charge is -2.10. The molecule has 0 aliphatic heterocycles. The van der Waals surface area contributed by atoms with Crippen LogP contribution < -0.4 is 10.1 Å². The molecule has 0 unspecified atom stereocenters. The number of hydrogen-bond donors (Lipinski definition) is 2. The number of hydrogen-bond acceptors (Lipinski definition) is 3. The van der Waals surface area contributed by atoms with Crippen LogP contribution in [-0.2, 0) is 6.54 Å². The smallest absolute Gasteiger partial charge is 0.337 e. The summed E-state index contributed by atoms with van der Waals surface area (Å²) in [5, 5.41) is 12.3. The van der Waals surface area contributed by atoms with E-state index >= 15 is 0 Å². The van der Waals surface area contributed by atoms with Crippen LogP contribution in [0.4, 0.5) is 5.69 Å². The molecular weight excluding hydrogens is 322 g/mol. The number of halogens is 1. The van der Waals surface area contributed by atoms with Crippen molar-refractivity contribution >= 4 is 27.6 Å². The summed E-state index contributed by atoms with van der Waals surface area (Å²) in [4.78, 5) is 11.2. The molecule has 0 bridgehead atoms. The minimum Gasteiger partial charge on any atom is -0.497 e. The van der Waals surface area contributed by atoms with Gasteiger partial charge in [-0.25, -0.2) is 4.79 Å². The Labute approximate surface area is 125 Å². The van der Waals surface area contributed by atoms with E-state index in [0.717, 1.165) is 15.8 Å². The molecule has 2 N–H and O–H groups in total. The number of carboxylic acid groups (broad SMARTS) is 1. The van der Waals surface area contributed by atoms with Crippen molar-refractivity contribution in [2.24, 2.45) is 0 Å². The Balaban J connectivity index is 2.13. The summed E-state index contributed by atoms with van der Waals surface area (Å²) in [5.74, 6) is -0.155. The molecule has 2 aromatic carbocycles. The van der Waals surface area contributed by atoms with E-state index in [1.807, 2.05) is 24.3 Å². The van der Waals surface area contributed by atoms with Gasteiger partial charge in [-0.05, 0) is 35.9 Å². The summed E-state index contributed by atoms with van der Waals surface area (Å²) in [5.41, 5.74) is 1.88. The summed E-state index contributed by atoms with van der Waals surface area (Å²) in [6, 6.07) is 12.7. The average molecular weight is 336 g/mol. The Kier molecular flexibility index (Phi) is 4.63. The molecule has 0 saturated carbocycles. The lowest BCUT2D eigenvalue weighted by molar-refractivity contribution is 0.0698. The van der Waals surface area contributed by atoms with Crippen molar-refractivity contribution in [2.75, 3.05) is 12.4 Å². The Morgan fingerprint density at radius 3 is 2.55 bits per heavy atom. The van der Waals surface area contributed by atoms with Gasteiger partial charge < -0.3 is 15.2 Å². The van der Waals surface area contributed by atoms with Crippen molar-refractivity contribution in [3.63, 3.8) is 0 Å². The zero-order chi connectivity index (χ0) is 14.5. The second-order valence-corrected chi connectivity index (χ2v) is 5.11. The minimum atomic E-state index is -0.949. The van der Waals surface area contributed by atoms with Gasteiger partial charge in [-0.2, -0.15) is 0 Å². The van der Waals surface area contributed by atoms with Crippen molar-refractivity contribution in [1.82, 2.24) is 0 Å². The second kappa shape index (κ2) is 6.43. The van der Waals surface area contributed by atoms with Crippen LogP contribution in [0.1, 0.15) is 15.9 Å². The van der Waals surface area contributed by atoms with Crippen molar-refractivity contribution in [3.8, 4) is 5.75 Å². The van der Waals surface area contributed by atoms with Crippen molar-refractivity contribution < 1.29 is 14.6 Å². The summed E-state index contributed by atoms with van der Waals surface area (Å²) < 4.78 is 5.93. The van der Waals surface area contributed by atoms with E-state index in [1.54, 1.807) is 25.3 Å². The average Bonchev–Trinajstić information content (AvgIpc) is 2.45. The van der Waals surface area contributed by atoms with Gasteiger partial charge in [-0.15, -0.1) is 0 Å². The van der Waals surface area contributed by atoms with Crippen LogP contribution in [0.2, 0.25) is 0 Å². The topological polar surface area (TPSA) is 58.6 Å². The molecule has 4 nitrogen and oxygen atoms in total. The van der Waals surface area contributed by atoms with E-state index in [2.05, 4.69) is 21.2 Å². The largest absolute Gasteiger partial charge is 0.497 e. The number of benzene rings is 2. The molecule has 0 aromatic heterocycles. The first-order valence-corrected chi connectivity index (χ1v) is 6.79. The van der Waals surface area contributed by atoms with Crippen LogP contribution in [0.25, 0.3) is 0 Å². The van der Waals surface area contributed by atoms with Crippen molar-refractivity contribution in [2.45, 2.75) is 6.54 Å². The highest BCUT2D eigenvalue weighted by atomic mass is 79.9. The molecule has 0 aliphatic rings. The fourth-order valence-electron chi connectivity index (χ4n) is 1.79. The molecule has 0 atom stereocenters. The fourth-order valence-corrected chi connectivity index (χ4v) is 2.15. The molecule has 0 heterocycles. The van der Waals surface area contributed by atoms with Gasteiger partial charge in [0.1, 0.15) is 5.75 Å². The van der Waals surface area contributed by atoms with Crippen LogP contribution in [0.15, 0.2) is 46.9 Å². The van der Waals surface area contributed by atoms with E-state index in [4.69, 9.17) is 9.84 Å². The Morgan fingerprint density at radius 1 is 1.25 bits per heavy atom. The number of ether oxygens (including phenoxy) is 1. The predicted molar refractivity (Wildman–Crippen MR) is 81.4 cm³/mol. The highest BCUT2D eigenvalue weighted by molar-refractivity contribution is 9.10. The SMILES string of the molecule is COc1ccc(CNc2cc(Br)ccc2C(=O)O)cc1. The molecule has 2 aromatic rings. The summed E-state index contributed by atoms with van der Waals surface area (Å²) in [7, 11) is 1.62. The molecule has 0 amide bonds. The zero-order valence-electron chi connectivity index (χ0n) is 10.9. The number of methoxy groups -OCH3 is 1. The van der Waals surface area contributed by atoms with E-state index in [-0.39, 0.29) is 5.56 Å². The predicted octanol–water partition coefficient (Wildman–Crippen LogP) is 3.77. The lowest BCUT2D eigenvalue weighted by Crippen LogP contribution is -2.06. The van der Waals surface area contributed by atoms with E-state index in [9.17, 15) is 4.79 Å². The highest BCUT2D eigenvalue weighted by Crippen LogP contribution is 2.22. The lowest BCUT2D eigenvalue weighted by atomic mass is 10.1. The third kappa shape index (κ3) is 3.51. The van der Waals surface area contributed by atoms with E-state index < -0.39 is 5.97 Å². The van der Waals surface area contributed by atoms with Gasteiger partial charge in [0.15, 0.2) is 0 Å².